The molecule has 0 aromatic rings. The van der Waals surface area contributed by atoms with Crippen molar-refractivity contribution in [3.63, 3.8) is 0 Å². The first-order chi connectivity index (χ1) is 2.00. The molecule has 0 unspecified atom stereocenters. The van der Waals surface area contributed by atoms with Gasteiger partial charge in [-0.25, -0.2) is 0 Å². The minimum atomic E-state index is 0. The van der Waals surface area contributed by atoms with Gasteiger partial charge in [-0.1, -0.05) is 43.4 Å². The molecule has 0 saturated heterocycles. The Morgan fingerprint density at radius 2 is 1.33 bits per heavy atom. The molecule has 0 amide bonds. The number of rotatable bonds is 0. The van der Waals surface area contributed by atoms with Gasteiger partial charge in [0.1, 0.15) is 0 Å². The van der Waals surface area contributed by atoms with Crippen LogP contribution in [-0.4, -0.2) is 26.5 Å². The van der Waals surface area contributed by atoms with Crippen LogP contribution in [0.15, 0.2) is 0 Å². The average molecular weight is 210 g/mol. The van der Waals surface area contributed by atoms with Crippen molar-refractivity contribution in [1.82, 2.24) is 0 Å². The van der Waals surface area contributed by atoms with Crippen molar-refractivity contribution in [2.24, 2.45) is 0 Å². The fourth-order valence-electron chi connectivity index (χ4n) is 0. The predicted octanol–water partition coefficient (Wildman–Crippen LogP) is 2.06. The molecule has 36 valence electrons. The van der Waals surface area contributed by atoms with E-state index in [-0.39, 0.29) is 25.9 Å². The second-order valence-electron chi connectivity index (χ2n) is 2.07. The van der Waals surface area contributed by atoms with Gasteiger partial charge in [0.05, 0.1) is 0 Å². The molecule has 2 heteroatoms. The first-order valence-electron chi connectivity index (χ1n) is 1.69. The number of hydrogen-bond acceptors (Lipinski definition) is 0. The van der Waals surface area contributed by atoms with E-state index in [1.807, 2.05) is 0 Å². The van der Waals surface area contributed by atoms with Crippen molar-refractivity contribution in [1.29, 1.82) is 0 Å². The number of hydrogen-bond donors (Lipinski definition) is 0. The van der Waals surface area contributed by atoms with Crippen LogP contribution >= 0.6 is 22.6 Å². The van der Waals surface area contributed by atoms with Gasteiger partial charge in [0.25, 0.3) is 0 Å². The molecule has 0 atom stereocenters. The topological polar surface area (TPSA) is 0 Å². The van der Waals surface area contributed by atoms with Crippen molar-refractivity contribution < 1.29 is 2.85 Å². The Morgan fingerprint density at radius 1 is 1.33 bits per heavy atom. The molecule has 0 spiro atoms. The molecule has 0 heterocycles. The molecule has 0 nitrogen and oxygen atoms in total. The quantitative estimate of drug-likeness (QED) is 0.326. The molecule has 6 heavy (non-hydrogen) atoms. The SMILES string of the molecule is CC(C)(C)I.[H-].[H-].[Mg+2]. The average Bonchev–Trinajstić information content (AvgIpc) is 0.722. The maximum absolute atomic E-state index is 2.38. The van der Waals surface area contributed by atoms with Gasteiger partial charge in [-0.3, -0.25) is 0 Å². The summed E-state index contributed by atoms with van der Waals surface area (Å²) in [7, 11) is 0. The summed E-state index contributed by atoms with van der Waals surface area (Å²) in [5.41, 5.74) is 0. The van der Waals surface area contributed by atoms with Gasteiger partial charge in [-0.15, -0.1) is 0 Å². The smallest absolute Gasteiger partial charge is 1.00 e. The van der Waals surface area contributed by atoms with Crippen molar-refractivity contribution in [3.05, 3.63) is 0 Å². The van der Waals surface area contributed by atoms with Gasteiger partial charge in [-0.2, -0.15) is 0 Å². The molecule has 0 saturated carbocycles. The summed E-state index contributed by atoms with van der Waals surface area (Å²) >= 11 is 2.38. The summed E-state index contributed by atoms with van der Waals surface area (Å²) in [6.45, 7) is 6.52. The fourth-order valence-corrected chi connectivity index (χ4v) is 0. The van der Waals surface area contributed by atoms with Crippen molar-refractivity contribution in [2.45, 2.75) is 24.2 Å². The Balaban J connectivity index is -0.0000000267. The Morgan fingerprint density at radius 3 is 1.33 bits per heavy atom. The monoisotopic (exact) mass is 210 g/mol. The Hall–Kier alpha value is 1.50. The summed E-state index contributed by atoms with van der Waals surface area (Å²) in [6, 6.07) is 0. The van der Waals surface area contributed by atoms with Crippen LogP contribution in [0.25, 0.3) is 0 Å². The van der Waals surface area contributed by atoms with Gasteiger partial charge in [-0.05, 0) is 0 Å². The van der Waals surface area contributed by atoms with E-state index >= 15 is 0 Å². The van der Waals surface area contributed by atoms with Crippen molar-refractivity contribution >= 4 is 45.6 Å². The third-order valence-corrected chi connectivity index (χ3v) is 0. The summed E-state index contributed by atoms with van der Waals surface area (Å²) < 4.78 is 0.470. The molecule has 0 aromatic heterocycles. The van der Waals surface area contributed by atoms with Crippen LogP contribution in [0, 0.1) is 0 Å². The summed E-state index contributed by atoms with van der Waals surface area (Å²) in [5, 5.41) is 0. The van der Waals surface area contributed by atoms with Crippen LogP contribution in [0.3, 0.4) is 0 Å². The predicted molar refractivity (Wildman–Crippen MR) is 41.8 cm³/mol. The molecule has 0 radical (unpaired) electrons. The fraction of sp³-hybridized carbons (Fsp3) is 1.00. The third kappa shape index (κ3) is 49.6. The molecule has 0 aromatic carbocycles. The molecule has 0 bridgehead atoms. The summed E-state index contributed by atoms with van der Waals surface area (Å²) in [6.07, 6.45) is 0. The molecule has 0 N–H and O–H groups in total. The van der Waals surface area contributed by atoms with E-state index in [4.69, 9.17) is 0 Å². The second kappa shape index (κ2) is 3.49. The zero-order valence-electron chi connectivity index (χ0n) is 6.59. The standard InChI is InChI=1S/C4H9I.Mg.2H/c1-4(2,3)5;;;/h1-3H3;;;/q;+2;2*-1. The molecule has 0 aliphatic rings. The van der Waals surface area contributed by atoms with E-state index in [0.717, 1.165) is 0 Å². The largest absolute Gasteiger partial charge is 2.00 e. The minimum absolute atomic E-state index is 0. The third-order valence-electron chi connectivity index (χ3n) is 0. The van der Waals surface area contributed by atoms with E-state index < -0.39 is 0 Å². The van der Waals surface area contributed by atoms with E-state index in [1.54, 1.807) is 0 Å². The zero-order valence-corrected chi connectivity index (χ0v) is 8.16. The molecule has 0 aliphatic carbocycles. The number of halogens is 1. The van der Waals surface area contributed by atoms with Crippen LogP contribution in [-0.2, 0) is 0 Å². The van der Waals surface area contributed by atoms with Crippen LogP contribution < -0.4 is 0 Å². The van der Waals surface area contributed by atoms with Gasteiger partial charge in [0.15, 0.2) is 0 Å². The van der Waals surface area contributed by atoms with Crippen LogP contribution in [0.5, 0.6) is 0 Å². The van der Waals surface area contributed by atoms with Crippen LogP contribution in [0.1, 0.15) is 23.6 Å². The molecule has 0 fully saturated rings. The van der Waals surface area contributed by atoms with E-state index in [2.05, 4.69) is 43.4 Å². The Bertz CT molecular complexity index is 29.5. The van der Waals surface area contributed by atoms with E-state index in [1.165, 1.54) is 0 Å². The Labute approximate surface area is 72.3 Å². The van der Waals surface area contributed by atoms with Crippen LogP contribution in [0.2, 0.25) is 0 Å². The first kappa shape index (κ1) is 10.5. The van der Waals surface area contributed by atoms with Crippen LogP contribution in [0.4, 0.5) is 0 Å². The normalized spacial score (nSPS) is 10.0. The molecule has 0 rings (SSSR count). The van der Waals surface area contributed by atoms with Gasteiger partial charge in [0.2, 0.25) is 0 Å². The molecular formula is C4H11IMg. The molecule has 0 aliphatic heterocycles. The van der Waals surface area contributed by atoms with Gasteiger partial charge < -0.3 is 2.85 Å². The van der Waals surface area contributed by atoms with Gasteiger partial charge in [0, 0.05) is 3.42 Å². The molecular weight excluding hydrogens is 199 g/mol. The van der Waals surface area contributed by atoms with Gasteiger partial charge >= 0.3 is 23.1 Å². The minimum Gasteiger partial charge on any atom is -1.00 e. The van der Waals surface area contributed by atoms with E-state index in [9.17, 15) is 0 Å². The Kier molecular flexibility index (Phi) is 6.10. The maximum Gasteiger partial charge on any atom is 2.00 e. The number of alkyl halides is 1. The van der Waals surface area contributed by atoms with Crippen molar-refractivity contribution in [2.75, 3.05) is 0 Å². The summed E-state index contributed by atoms with van der Waals surface area (Å²) in [5.74, 6) is 0. The summed E-state index contributed by atoms with van der Waals surface area (Å²) in [4.78, 5) is 0. The first-order valence-corrected chi connectivity index (χ1v) is 2.77. The maximum atomic E-state index is 2.38. The second-order valence-corrected chi connectivity index (χ2v) is 5.30. The zero-order chi connectivity index (χ0) is 4.50. The van der Waals surface area contributed by atoms with E-state index in [0.29, 0.717) is 3.42 Å². The van der Waals surface area contributed by atoms with Crippen molar-refractivity contribution in [3.8, 4) is 0 Å².